The van der Waals surface area contributed by atoms with Gasteiger partial charge in [0.15, 0.2) is 0 Å². The van der Waals surface area contributed by atoms with Gasteiger partial charge in [-0.2, -0.15) is 0 Å². The number of fused-ring (bicyclic) bond motifs is 1. The Hall–Kier alpha value is -2.07. The van der Waals surface area contributed by atoms with E-state index in [9.17, 15) is 14.3 Å². The molecule has 2 aromatic carbocycles. The molecule has 0 aliphatic carbocycles. The van der Waals surface area contributed by atoms with Gasteiger partial charge < -0.3 is 10.0 Å². The van der Waals surface area contributed by atoms with Crippen LogP contribution in [0, 0.1) is 5.82 Å². The summed E-state index contributed by atoms with van der Waals surface area (Å²) in [6, 6.07) is 9.31. The predicted molar refractivity (Wildman–Crippen MR) is 78.0 cm³/mol. The minimum absolute atomic E-state index is 0.0947. The number of carbonyl (C=O) groups is 1. The summed E-state index contributed by atoms with van der Waals surface area (Å²) in [6.45, 7) is 0.842. The minimum Gasteiger partial charge on any atom is -0.508 e. The fraction of sp³-hybridized carbons (Fsp3) is 0.188. The molecular weight excluding hydrogens is 293 g/mol. The fourth-order valence-corrected chi connectivity index (χ4v) is 2.82. The first-order chi connectivity index (χ1) is 10.1. The molecule has 5 heteroatoms. The van der Waals surface area contributed by atoms with Crippen molar-refractivity contribution in [3.8, 4) is 5.75 Å². The van der Waals surface area contributed by atoms with Crippen LogP contribution in [0.1, 0.15) is 21.5 Å². The number of hydrogen-bond donors (Lipinski definition) is 1. The highest BCUT2D eigenvalue weighted by Crippen LogP contribution is 2.26. The van der Waals surface area contributed by atoms with E-state index in [1.54, 1.807) is 17.0 Å². The third-order valence-electron chi connectivity index (χ3n) is 3.67. The van der Waals surface area contributed by atoms with E-state index in [1.165, 1.54) is 18.2 Å². The van der Waals surface area contributed by atoms with Crippen molar-refractivity contribution in [2.45, 2.75) is 13.0 Å². The molecule has 0 bridgehead atoms. The van der Waals surface area contributed by atoms with Crippen molar-refractivity contribution < 1.29 is 14.3 Å². The van der Waals surface area contributed by atoms with Crippen molar-refractivity contribution in [3.63, 3.8) is 0 Å². The van der Waals surface area contributed by atoms with Crippen LogP contribution in [0.2, 0.25) is 5.02 Å². The Kier molecular flexibility index (Phi) is 3.55. The average Bonchev–Trinajstić information content (AvgIpc) is 2.46. The number of halogens is 2. The summed E-state index contributed by atoms with van der Waals surface area (Å²) in [5, 5.41) is 9.65. The second kappa shape index (κ2) is 5.37. The van der Waals surface area contributed by atoms with Crippen molar-refractivity contribution in [1.29, 1.82) is 0 Å². The zero-order chi connectivity index (χ0) is 15.0. The summed E-state index contributed by atoms with van der Waals surface area (Å²) in [7, 11) is 0. The summed E-state index contributed by atoms with van der Waals surface area (Å²) >= 11 is 5.94. The lowest BCUT2D eigenvalue weighted by molar-refractivity contribution is 0.0730. The second-order valence-electron chi connectivity index (χ2n) is 5.03. The smallest absolute Gasteiger partial charge is 0.258 e. The molecule has 0 spiro atoms. The zero-order valence-corrected chi connectivity index (χ0v) is 11.9. The Morgan fingerprint density at radius 3 is 2.81 bits per heavy atom. The zero-order valence-electron chi connectivity index (χ0n) is 11.1. The van der Waals surface area contributed by atoms with E-state index in [2.05, 4.69) is 0 Å². The van der Waals surface area contributed by atoms with Crippen LogP contribution in [-0.2, 0) is 13.0 Å². The number of carbonyl (C=O) groups excluding carboxylic acids is 1. The maximum Gasteiger partial charge on any atom is 0.258 e. The first kappa shape index (κ1) is 13.9. The summed E-state index contributed by atoms with van der Waals surface area (Å²) in [5.74, 6) is -0.881. The van der Waals surface area contributed by atoms with Crippen molar-refractivity contribution in [1.82, 2.24) is 4.90 Å². The number of amides is 1. The quantitative estimate of drug-likeness (QED) is 0.877. The molecule has 3 rings (SSSR count). The molecule has 1 N–H and O–H groups in total. The summed E-state index contributed by atoms with van der Waals surface area (Å²) in [4.78, 5) is 14.0. The Morgan fingerprint density at radius 2 is 2.05 bits per heavy atom. The van der Waals surface area contributed by atoms with Crippen molar-refractivity contribution in [2.75, 3.05) is 6.54 Å². The highest BCUT2D eigenvalue weighted by atomic mass is 35.5. The molecular formula is C16H13ClFNO2. The van der Waals surface area contributed by atoms with Crippen LogP contribution < -0.4 is 0 Å². The number of nitrogens with zero attached hydrogens (tertiary/aromatic N) is 1. The van der Waals surface area contributed by atoms with Crippen molar-refractivity contribution >= 4 is 17.5 Å². The molecule has 1 heterocycles. The molecule has 0 radical (unpaired) electrons. The van der Waals surface area contributed by atoms with Gasteiger partial charge in [-0.1, -0.05) is 23.7 Å². The van der Waals surface area contributed by atoms with E-state index in [-0.39, 0.29) is 16.3 Å². The number of benzene rings is 2. The maximum atomic E-state index is 13.8. The van der Waals surface area contributed by atoms with Crippen LogP contribution in [0.4, 0.5) is 4.39 Å². The maximum absolute atomic E-state index is 13.8. The number of hydrogen-bond acceptors (Lipinski definition) is 2. The first-order valence-electron chi connectivity index (χ1n) is 6.60. The molecule has 0 unspecified atom stereocenters. The van der Waals surface area contributed by atoms with Gasteiger partial charge in [-0.15, -0.1) is 0 Å². The topological polar surface area (TPSA) is 40.5 Å². The molecule has 3 nitrogen and oxygen atoms in total. The molecule has 1 amide bonds. The molecule has 2 aromatic rings. The van der Waals surface area contributed by atoms with Gasteiger partial charge in [0, 0.05) is 13.1 Å². The summed E-state index contributed by atoms with van der Waals surface area (Å²) < 4.78 is 13.8. The highest BCUT2D eigenvalue weighted by Gasteiger charge is 2.25. The van der Waals surface area contributed by atoms with Crippen LogP contribution in [0.15, 0.2) is 36.4 Å². The molecule has 21 heavy (non-hydrogen) atoms. The Morgan fingerprint density at radius 1 is 1.24 bits per heavy atom. The van der Waals surface area contributed by atoms with Gasteiger partial charge in [0.1, 0.15) is 11.6 Å². The lowest BCUT2D eigenvalue weighted by Gasteiger charge is -2.29. The van der Waals surface area contributed by atoms with E-state index < -0.39 is 11.7 Å². The second-order valence-corrected chi connectivity index (χ2v) is 5.43. The van der Waals surface area contributed by atoms with Crippen LogP contribution in [-0.4, -0.2) is 22.5 Å². The first-order valence-corrected chi connectivity index (χ1v) is 6.98. The van der Waals surface area contributed by atoms with E-state index >= 15 is 0 Å². The molecule has 0 saturated carbocycles. The van der Waals surface area contributed by atoms with Crippen LogP contribution in [0.5, 0.6) is 5.75 Å². The van der Waals surface area contributed by atoms with E-state index in [0.29, 0.717) is 19.5 Å². The number of phenols is 1. The van der Waals surface area contributed by atoms with Gasteiger partial charge in [-0.3, -0.25) is 4.79 Å². The van der Waals surface area contributed by atoms with Gasteiger partial charge in [0.25, 0.3) is 5.91 Å². The average molecular weight is 306 g/mol. The highest BCUT2D eigenvalue weighted by molar-refractivity contribution is 6.33. The van der Waals surface area contributed by atoms with Gasteiger partial charge in [-0.05, 0) is 41.8 Å². The minimum atomic E-state index is -0.616. The van der Waals surface area contributed by atoms with Crippen molar-refractivity contribution in [3.05, 3.63) is 63.9 Å². The summed E-state index contributed by atoms with van der Waals surface area (Å²) in [5.41, 5.74) is 1.88. The third-order valence-corrected chi connectivity index (χ3v) is 3.98. The Bertz CT molecular complexity index is 697. The molecule has 108 valence electrons. The molecule has 0 fully saturated rings. The lowest BCUT2D eigenvalue weighted by atomic mass is 9.99. The fourth-order valence-electron chi connectivity index (χ4n) is 2.58. The van der Waals surface area contributed by atoms with Gasteiger partial charge in [0.2, 0.25) is 0 Å². The Balaban J connectivity index is 1.91. The number of rotatable bonds is 1. The summed E-state index contributed by atoms with van der Waals surface area (Å²) in [6.07, 6.45) is 0.674. The van der Waals surface area contributed by atoms with Crippen LogP contribution in [0.3, 0.4) is 0 Å². The van der Waals surface area contributed by atoms with Gasteiger partial charge >= 0.3 is 0 Å². The molecule has 0 atom stereocenters. The van der Waals surface area contributed by atoms with Crippen LogP contribution in [0.25, 0.3) is 0 Å². The van der Waals surface area contributed by atoms with E-state index in [1.807, 2.05) is 6.07 Å². The van der Waals surface area contributed by atoms with Crippen molar-refractivity contribution in [2.24, 2.45) is 0 Å². The molecule has 1 aliphatic rings. The standard InChI is InChI=1S/C16H13ClFNO2/c17-13-2-1-3-14(18)15(13)16(21)19-7-6-10-4-5-12(20)8-11(10)9-19/h1-5,8,20H,6-7,9H2. The third kappa shape index (κ3) is 2.59. The monoisotopic (exact) mass is 305 g/mol. The molecule has 0 aromatic heterocycles. The molecule has 0 saturated heterocycles. The van der Waals surface area contributed by atoms with Gasteiger partial charge in [-0.25, -0.2) is 4.39 Å². The largest absolute Gasteiger partial charge is 0.508 e. The van der Waals surface area contributed by atoms with E-state index in [0.717, 1.165) is 11.1 Å². The predicted octanol–water partition coefficient (Wildman–Crippen LogP) is 3.38. The lowest BCUT2D eigenvalue weighted by Crippen LogP contribution is -2.36. The molecule has 1 aliphatic heterocycles. The Labute approximate surface area is 126 Å². The normalized spacial score (nSPS) is 13.9. The SMILES string of the molecule is O=C(c1c(F)cccc1Cl)N1CCc2ccc(O)cc2C1. The van der Waals surface area contributed by atoms with Gasteiger partial charge in [0.05, 0.1) is 10.6 Å². The van der Waals surface area contributed by atoms with E-state index in [4.69, 9.17) is 11.6 Å². The number of phenolic OH excluding ortho intramolecular Hbond substituents is 1. The number of aromatic hydroxyl groups is 1. The van der Waals surface area contributed by atoms with Crippen LogP contribution >= 0.6 is 11.6 Å².